The standard InChI is InChI=1S/C19H23N5O4/c1-2-27-19(26)24-12-10-23(11-13-24)17-9-8-16(21-22-17)20-18(25)14-28-15-6-4-3-5-7-15/h3-9H,2,10-14H2,1H3,(H,20,21,25). The number of aromatic nitrogens is 2. The summed E-state index contributed by atoms with van der Waals surface area (Å²) in [5, 5.41) is 10.9. The lowest BCUT2D eigenvalue weighted by molar-refractivity contribution is -0.118. The Bertz CT molecular complexity index is 777. The van der Waals surface area contributed by atoms with Crippen molar-refractivity contribution >= 4 is 23.6 Å². The monoisotopic (exact) mass is 385 g/mol. The van der Waals surface area contributed by atoms with Crippen LogP contribution >= 0.6 is 0 Å². The number of para-hydroxylation sites is 1. The first-order chi connectivity index (χ1) is 13.7. The van der Waals surface area contributed by atoms with Crippen LogP contribution in [0.1, 0.15) is 6.92 Å². The van der Waals surface area contributed by atoms with E-state index in [9.17, 15) is 9.59 Å². The average molecular weight is 385 g/mol. The Hall–Kier alpha value is -3.36. The SMILES string of the molecule is CCOC(=O)N1CCN(c2ccc(NC(=O)COc3ccccc3)nn2)CC1. The maximum atomic E-state index is 12.0. The van der Waals surface area contributed by atoms with Crippen molar-refractivity contribution in [2.75, 3.05) is 49.6 Å². The van der Waals surface area contributed by atoms with E-state index in [1.54, 1.807) is 36.1 Å². The van der Waals surface area contributed by atoms with Gasteiger partial charge in [-0.25, -0.2) is 4.79 Å². The van der Waals surface area contributed by atoms with Crippen LogP contribution in [0, 0.1) is 0 Å². The number of anilines is 2. The summed E-state index contributed by atoms with van der Waals surface area (Å²) in [4.78, 5) is 27.4. The molecular weight excluding hydrogens is 362 g/mol. The van der Waals surface area contributed by atoms with Crippen molar-refractivity contribution in [2.24, 2.45) is 0 Å². The van der Waals surface area contributed by atoms with E-state index in [-0.39, 0.29) is 18.6 Å². The van der Waals surface area contributed by atoms with Crippen molar-refractivity contribution in [1.29, 1.82) is 0 Å². The molecule has 148 valence electrons. The Morgan fingerprint density at radius 2 is 1.79 bits per heavy atom. The smallest absolute Gasteiger partial charge is 0.409 e. The Morgan fingerprint density at radius 3 is 2.43 bits per heavy atom. The molecule has 1 fully saturated rings. The average Bonchev–Trinajstić information content (AvgIpc) is 2.74. The van der Waals surface area contributed by atoms with Gasteiger partial charge < -0.3 is 24.6 Å². The van der Waals surface area contributed by atoms with Crippen LogP contribution < -0.4 is 15.0 Å². The first-order valence-corrected chi connectivity index (χ1v) is 9.14. The van der Waals surface area contributed by atoms with Gasteiger partial charge >= 0.3 is 6.09 Å². The number of hydrogen-bond acceptors (Lipinski definition) is 7. The molecule has 1 aliphatic rings. The number of benzene rings is 1. The fraction of sp³-hybridized carbons (Fsp3) is 0.368. The van der Waals surface area contributed by atoms with E-state index in [0.717, 1.165) is 0 Å². The first kappa shape index (κ1) is 19.4. The number of piperazine rings is 1. The Morgan fingerprint density at radius 1 is 1.04 bits per heavy atom. The summed E-state index contributed by atoms with van der Waals surface area (Å²) in [5.74, 6) is 1.37. The maximum Gasteiger partial charge on any atom is 0.409 e. The summed E-state index contributed by atoms with van der Waals surface area (Å²) in [6.07, 6.45) is -0.288. The van der Waals surface area contributed by atoms with Gasteiger partial charge in [-0.05, 0) is 31.2 Å². The molecule has 9 heteroatoms. The second-order valence-corrected chi connectivity index (χ2v) is 6.10. The topological polar surface area (TPSA) is 96.9 Å². The molecule has 0 atom stereocenters. The molecule has 0 spiro atoms. The number of ether oxygens (including phenoxy) is 2. The largest absolute Gasteiger partial charge is 0.484 e. The highest BCUT2D eigenvalue weighted by atomic mass is 16.6. The summed E-state index contributed by atoms with van der Waals surface area (Å²) in [7, 11) is 0. The normalized spacial score (nSPS) is 13.8. The van der Waals surface area contributed by atoms with Gasteiger partial charge in [-0.3, -0.25) is 4.79 Å². The van der Waals surface area contributed by atoms with Gasteiger partial charge in [0.15, 0.2) is 18.2 Å². The van der Waals surface area contributed by atoms with Crippen molar-refractivity contribution in [3.8, 4) is 5.75 Å². The molecule has 2 aromatic rings. The van der Waals surface area contributed by atoms with Crippen LogP contribution in [0.5, 0.6) is 5.75 Å². The van der Waals surface area contributed by atoms with E-state index < -0.39 is 0 Å². The molecule has 28 heavy (non-hydrogen) atoms. The minimum absolute atomic E-state index is 0.108. The van der Waals surface area contributed by atoms with E-state index in [4.69, 9.17) is 9.47 Å². The number of amides is 2. The first-order valence-electron chi connectivity index (χ1n) is 9.14. The van der Waals surface area contributed by atoms with Crippen molar-refractivity contribution < 1.29 is 19.1 Å². The number of carbonyl (C=O) groups excluding carboxylic acids is 2. The molecule has 1 aromatic carbocycles. The molecule has 0 unspecified atom stereocenters. The van der Waals surface area contributed by atoms with E-state index in [0.29, 0.717) is 50.2 Å². The van der Waals surface area contributed by atoms with Crippen LogP contribution in [-0.2, 0) is 9.53 Å². The number of rotatable bonds is 6. The summed E-state index contributed by atoms with van der Waals surface area (Å²) in [6, 6.07) is 12.6. The zero-order valence-electron chi connectivity index (χ0n) is 15.7. The van der Waals surface area contributed by atoms with Crippen molar-refractivity contribution in [2.45, 2.75) is 6.92 Å². The van der Waals surface area contributed by atoms with Crippen LogP contribution in [-0.4, -0.2) is 66.5 Å². The summed E-state index contributed by atoms with van der Waals surface area (Å²) < 4.78 is 10.4. The number of nitrogens with one attached hydrogen (secondary N) is 1. The van der Waals surface area contributed by atoms with Crippen molar-refractivity contribution in [3.63, 3.8) is 0 Å². The van der Waals surface area contributed by atoms with Gasteiger partial charge in [-0.1, -0.05) is 18.2 Å². The van der Waals surface area contributed by atoms with Crippen molar-refractivity contribution in [1.82, 2.24) is 15.1 Å². The zero-order valence-corrected chi connectivity index (χ0v) is 15.7. The minimum Gasteiger partial charge on any atom is -0.484 e. The lowest BCUT2D eigenvalue weighted by atomic mass is 10.3. The molecule has 1 aliphatic heterocycles. The van der Waals surface area contributed by atoms with Gasteiger partial charge in [-0.15, -0.1) is 10.2 Å². The molecule has 2 heterocycles. The molecule has 2 amide bonds. The molecule has 0 radical (unpaired) electrons. The molecule has 1 N–H and O–H groups in total. The highest BCUT2D eigenvalue weighted by Crippen LogP contribution is 2.15. The number of nitrogens with zero attached hydrogens (tertiary/aromatic N) is 4. The minimum atomic E-state index is -0.311. The fourth-order valence-corrected chi connectivity index (χ4v) is 2.74. The summed E-state index contributed by atoms with van der Waals surface area (Å²) >= 11 is 0. The third kappa shape index (κ3) is 5.32. The Labute approximate surface area is 163 Å². The highest BCUT2D eigenvalue weighted by Gasteiger charge is 2.22. The second-order valence-electron chi connectivity index (χ2n) is 6.10. The van der Waals surface area contributed by atoms with Gasteiger partial charge in [0.05, 0.1) is 6.61 Å². The van der Waals surface area contributed by atoms with Crippen molar-refractivity contribution in [3.05, 3.63) is 42.5 Å². The number of carbonyl (C=O) groups is 2. The van der Waals surface area contributed by atoms with Gasteiger partial charge in [-0.2, -0.15) is 0 Å². The van der Waals surface area contributed by atoms with E-state index in [2.05, 4.69) is 15.5 Å². The zero-order chi connectivity index (χ0) is 19.8. The fourth-order valence-electron chi connectivity index (χ4n) is 2.74. The molecule has 9 nitrogen and oxygen atoms in total. The third-order valence-electron chi connectivity index (χ3n) is 4.16. The lowest BCUT2D eigenvalue weighted by Crippen LogP contribution is -2.49. The molecule has 0 aliphatic carbocycles. The van der Waals surface area contributed by atoms with Gasteiger partial charge in [0.1, 0.15) is 5.75 Å². The predicted molar refractivity (Wildman–Crippen MR) is 103 cm³/mol. The van der Waals surface area contributed by atoms with Gasteiger partial charge in [0, 0.05) is 26.2 Å². The lowest BCUT2D eigenvalue weighted by Gasteiger charge is -2.34. The quantitative estimate of drug-likeness (QED) is 0.809. The van der Waals surface area contributed by atoms with Crippen LogP contribution in [0.2, 0.25) is 0 Å². The predicted octanol–water partition coefficient (Wildman–Crippen LogP) is 1.77. The molecule has 0 bridgehead atoms. The number of hydrogen-bond donors (Lipinski definition) is 1. The Balaban J connectivity index is 1.46. The van der Waals surface area contributed by atoms with Crippen LogP contribution in [0.4, 0.5) is 16.4 Å². The Kier molecular flexibility index (Phi) is 6.61. The van der Waals surface area contributed by atoms with Crippen LogP contribution in [0.15, 0.2) is 42.5 Å². The molecule has 3 rings (SSSR count). The van der Waals surface area contributed by atoms with Gasteiger partial charge in [0.25, 0.3) is 5.91 Å². The summed E-state index contributed by atoms with van der Waals surface area (Å²) in [6.45, 7) is 4.47. The second kappa shape index (κ2) is 9.54. The third-order valence-corrected chi connectivity index (χ3v) is 4.16. The molecular formula is C19H23N5O4. The van der Waals surface area contributed by atoms with E-state index >= 15 is 0 Å². The molecule has 1 aromatic heterocycles. The molecule has 0 saturated carbocycles. The highest BCUT2D eigenvalue weighted by molar-refractivity contribution is 5.90. The summed E-state index contributed by atoms with van der Waals surface area (Å²) in [5.41, 5.74) is 0. The van der Waals surface area contributed by atoms with Crippen LogP contribution in [0.3, 0.4) is 0 Å². The van der Waals surface area contributed by atoms with Gasteiger partial charge in [0.2, 0.25) is 0 Å². The van der Waals surface area contributed by atoms with E-state index in [1.165, 1.54) is 0 Å². The van der Waals surface area contributed by atoms with Crippen LogP contribution in [0.25, 0.3) is 0 Å². The maximum absolute atomic E-state index is 12.0. The van der Waals surface area contributed by atoms with E-state index in [1.807, 2.05) is 23.1 Å². The molecule has 1 saturated heterocycles.